The Bertz CT molecular complexity index is 1580. The average molecular weight is 950 g/mol. The predicted molar refractivity (Wildman–Crippen MR) is 268 cm³/mol. The first-order valence-electron chi connectivity index (χ1n) is 26.6. The minimum Gasteiger partial charge on any atom is -0.466 e. The first-order chi connectivity index (χ1) is 31.8. The van der Waals surface area contributed by atoms with Crippen LogP contribution in [0, 0.1) is 20.8 Å². The zero-order valence-electron chi connectivity index (χ0n) is 43.1. The molecule has 0 saturated carbocycles. The highest BCUT2D eigenvalue weighted by atomic mass is 31.2. The Morgan fingerprint density at radius 2 is 1.02 bits per heavy atom. The number of aryl methyl sites for hydroxylation is 5. The van der Waals surface area contributed by atoms with Crippen molar-refractivity contribution in [3.8, 4) is 0 Å². The lowest BCUT2D eigenvalue weighted by Gasteiger charge is -2.20. The molecule has 11 nitrogen and oxygen atoms in total. The van der Waals surface area contributed by atoms with Gasteiger partial charge in [-0.1, -0.05) is 142 Å². The van der Waals surface area contributed by atoms with Crippen molar-refractivity contribution in [2.24, 2.45) is 0 Å². The molecule has 2 atom stereocenters. The fraction of sp³-hybridized carbons (Fsp3) is 0.815. The summed E-state index contributed by atoms with van der Waals surface area (Å²) >= 11 is 0. The van der Waals surface area contributed by atoms with Crippen LogP contribution < -0.4 is 0 Å². The molecule has 0 aliphatic rings. The highest BCUT2D eigenvalue weighted by Gasteiger charge is 2.26. The normalized spacial score (nSPS) is 13.1. The van der Waals surface area contributed by atoms with Gasteiger partial charge in [-0.05, 0) is 96.1 Å². The largest absolute Gasteiger partial charge is 0.472 e. The van der Waals surface area contributed by atoms with E-state index >= 15 is 0 Å². The molecule has 0 radical (unpaired) electrons. The molecule has 0 aliphatic carbocycles. The van der Waals surface area contributed by atoms with Gasteiger partial charge >= 0.3 is 19.8 Å². The number of phosphoric ester groups is 1. The van der Waals surface area contributed by atoms with Crippen molar-refractivity contribution in [3.63, 3.8) is 0 Å². The fourth-order valence-corrected chi connectivity index (χ4v) is 9.10. The van der Waals surface area contributed by atoms with Crippen LogP contribution >= 0.6 is 7.82 Å². The summed E-state index contributed by atoms with van der Waals surface area (Å²) in [7, 11) is -0.734. The minimum atomic E-state index is -4.39. The van der Waals surface area contributed by atoms with Gasteiger partial charge in [0.25, 0.3) is 0 Å². The lowest BCUT2D eigenvalue weighted by molar-refractivity contribution is -0.161. The van der Waals surface area contributed by atoms with E-state index in [4.69, 9.17) is 27.4 Å². The topological polar surface area (TPSA) is 138 Å². The van der Waals surface area contributed by atoms with Gasteiger partial charge in [0.05, 0.1) is 13.2 Å². The fourth-order valence-electron chi connectivity index (χ4n) is 8.35. The second kappa shape index (κ2) is 37.5. The lowest BCUT2D eigenvalue weighted by atomic mass is 10.0. The standard InChI is InChI=1S/C54H96NO10P/c1-8-10-28-34-48-42-45(3)50(63-48)35-30-24-20-16-12-15-19-23-27-33-39-54(57)64-49(44-62-66(58,59)61-41-40-55(6)7)43-60-53(56)38-32-26-22-18-14-13-17-21-25-31-37-52-47(5)46(4)51(65-52)36-29-11-9-2/h42,49H,8-41,43-44H2,1-7H3,(H,58,59)/t49-/m1/s1. The van der Waals surface area contributed by atoms with Gasteiger partial charge in [0.15, 0.2) is 6.10 Å². The Morgan fingerprint density at radius 1 is 0.576 bits per heavy atom. The Kier molecular flexibility index (Phi) is 33.9. The van der Waals surface area contributed by atoms with E-state index in [1.165, 1.54) is 150 Å². The number of likely N-dealkylation sites (N-methyl/N-ethyl adjacent to an activating group) is 1. The van der Waals surface area contributed by atoms with E-state index in [9.17, 15) is 19.0 Å². The van der Waals surface area contributed by atoms with E-state index in [0.717, 1.165) is 76.4 Å². The zero-order valence-corrected chi connectivity index (χ0v) is 44.0. The number of phosphoric acid groups is 1. The summed E-state index contributed by atoms with van der Waals surface area (Å²) in [5.74, 6) is 3.87. The van der Waals surface area contributed by atoms with E-state index in [2.05, 4.69) is 40.7 Å². The Balaban J connectivity index is 1.56. The molecule has 12 heteroatoms. The highest BCUT2D eigenvalue weighted by Crippen LogP contribution is 2.43. The molecule has 0 spiro atoms. The number of ether oxygens (including phenoxy) is 2. The third-order valence-electron chi connectivity index (χ3n) is 12.8. The summed E-state index contributed by atoms with van der Waals surface area (Å²) in [5.41, 5.74) is 4.00. The summed E-state index contributed by atoms with van der Waals surface area (Å²) in [6.07, 6.45) is 33.4. The second-order valence-corrected chi connectivity index (χ2v) is 20.7. The van der Waals surface area contributed by atoms with Crippen LogP contribution in [0.15, 0.2) is 14.9 Å². The molecule has 2 aromatic heterocycles. The van der Waals surface area contributed by atoms with Crippen LogP contribution in [0.1, 0.15) is 233 Å². The van der Waals surface area contributed by atoms with Gasteiger partial charge < -0.3 is 28.1 Å². The maximum atomic E-state index is 12.8. The first-order valence-corrected chi connectivity index (χ1v) is 28.1. The summed E-state index contributed by atoms with van der Waals surface area (Å²) in [6, 6.07) is 2.23. The summed E-state index contributed by atoms with van der Waals surface area (Å²) in [4.78, 5) is 37.4. The van der Waals surface area contributed by atoms with Crippen molar-refractivity contribution in [2.45, 2.75) is 246 Å². The number of hydrogen-bond donors (Lipinski definition) is 1. The van der Waals surface area contributed by atoms with E-state index in [-0.39, 0.29) is 32.0 Å². The predicted octanol–water partition coefficient (Wildman–Crippen LogP) is 14.8. The summed E-state index contributed by atoms with van der Waals surface area (Å²) < 4.78 is 46.1. The molecule has 0 fully saturated rings. The molecule has 382 valence electrons. The van der Waals surface area contributed by atoms with Gasteiger partial charge in [-0.15, -0.1) is 0 Å². The Hall–Kier alpha value is -2.43. The zero-order chi connectivity index (χ0) is 48.3. The van der Waals surface area contributed by atoms with Gasteiger partial charge in [0, 0.05) is 45.1 Å². The third kappa shape index (κ3) is 29.5. The number of hydrogen-bond acceptors (Lipinski definition) is 10. The van der Waals surface area contributed by atoms with Crippen molar-refractivity contribution in [2.75, 3.05) is 40.5 Å². The molecule has 0 aromatic carbocycles. The summed E-state index contributed by atoms with van der Waals surface area (Å²) in [6.45, 7) is 10.8. The van der Waals surface area contributed by atoms with E-state index in [0.29, 0.717) is 13.0 Å². The molecular weight excluding hydrogens is 854 g/mol. The van der Waals surface area contributed by atoms with Gasteiger partial charge in [0.2, 0.25) is 0 Å². The maximum absolute atomic E-state index is 12.8. The molecule has 2 aromatic rings. The monoisotopic (exact) mass is 950 g/mol. The number of carbonyl (C=O) groups excluding carboxylic acids is 2. The SMILES string of the molecule is CCCCCc1cc(C)c(CCCCCCCCCCCCC(=O)O[C@H](COC(=O)CCCCCCCCCCCCc2oc(CCCCC)c(C)c2C)COP(=O)(O)OCCN(C)C)o1. The number of esters is 2. The van der Waals surface area contributed by atoms with Gasteiger partial charge in [-0.2, -0.15) is 0 Å². The summed E-state index contributed by atoms with van der Waals surface area (Å²) in [5, 5.41) is 0. The average Bonchev–Trinajstić information content (AvgIpc) is 3.77. The molecule has 2 rings (SSSR count). The van der Waals surface area contributed by atoms with Gasteiger partial charge in [-0.25, -0.2) is 4.57 Å². The quantitative estimate of drug-likeness (QED) is 0.0386. The maximum Gasteiger partial charge on any atom is 0.472 e. The minimum absolute atomic E-state index is 0.000874. The number of furan rings is 2. The van der Waals surface area contributed by atoms with Crippen LogP contribution in [0.5, 0.6) is 0 Å². The first kappa shape index (κ1) is 59.7. The molecule has 1 N–H and O–H groups in total. The van der Waals surface area contributed by atoms with Crippen molar-refractivity contribution >= 4 is 19.8 Å². The van der Waals surface area contributed by atoms with Gasteiger partial charge in [0.1, 0.15) is 29.6 Å². The highest BCUT2D eigenvalue weighted by molar-refractivity contribution is 7.47. The third-order valence-corrected chi connectivity index (χ3v) is 13.7. The van der Waals surface area contributed by atoms with E-state index < -0.39 is 26.5 Å². The second-order valence-electron chi connectivity index (χ2n) is 19.2. The van der Waals surface area contributed by atoms with Crippen molar-refractivity contribution in [3.05, 3.63) is 45.8 Å². The van der Waals surface area contributed by atoms with Crippen LogP contribution in [0.2, 0.25) is 0 Å². The van der Waals surface area contributed by atoms with E-state index in [1.54, 1.807) is 0 Å². The molecule has 2 heterocycles. The number of rotatable bonds is 44. The lowest BCUT2D eigenvalue weighted by Crippen LogP contribution is -2.29. The van der Waals surface area contributed by atoms with Crippen LogP contribution in [-0.4, -0.2) is 68.3 Å². The Labute approximate surface area is 402 Å². The molecule has 0 amide bonds. The number of carbonyl (C=O) groups is 2. The Morgan fingerprint density at radius 3 is 1.52 bits per heavy atom. The molecule has 1 unspecified atom stereocenters. The van der Waals surface area contributed by atoms with Crippen molar-refractivity contribution in [1.82, 2.24) is 4.90 Å². The molecule has 0 bridgehead atoms. The van der Waals surface area contributed by atoms with E-state index in [1.807, 2.05) is 19.0 Å². The molecule has 66 heavy (non-hydrogen) atoms. The number of unbranched alkanes of at least 4 members (excludes halogenated alkanes) is 22. The molecule has 0 aliphatic heterocycles. The van der Waals surface area contributed by atoms with Crippen LogP contribution in [0.4, 0.5) is 0 Å². The van der Waals surface area contributed by atoms with Crippen LogP contribution in [0.3, 0.4) is 0 Å². The van der Waals surface area contributed by atoms with Crippen LogP contribution in [0.25, 0.3) is 0 Å². The molecule has 0 saturated heterocycles. The van der Waals surface area contributed by atoms with Crippen molar-refractivity contribution < 1.29 is 46.4 Å². The molecular formula is C54H96NO10P. The smallest absolute Gasteiger partial charge is 0.466 e. The van der Waals surface area contributed by atoms with Gasteiger partial charge in [-0.3, -0.25) is 18.6 Å². The van der Waals surface area contributed by atoms with Crippen LogP contribution in [-0.2, 0) is 58.4 Å². The van der Waals surface area contributed by atoms with Crippen molar-refractivity contribution in [1.29, 1.82) is 0 Å². The number of nitrogens with zero attached hydrogens (tertiary/aromatic N) is 1.